The van der Waals surface area contributed by atoms with Crippen molar-refractivity contribution in [2.75, 3.05) is 6.54 Å². The molecule has 0 aliphatic heterocycles. The molecule has 2 fully saturated rings. The molecule has 2 aliphatic carbocycles. The van der Waals surface area contributed by atoms with E-state index in [2.05, 4.69) is 12.2 Å². The first kappa shape index (κ1) is 12.4. The number of rotatable bonds is 3. The van der Waals surface area contributed by atoms with Crippen LogP contribution in [-0.2, 0) is 0 Å². The van der Waals surface area contributed by atoms with Gasteiger partial charge < -0.3 is 11.1 Å². The van der Waals surface area contributed by atoms with Crippen LogP contribution in [0, 0.1) is 11.8 Å². The van der Waals surface area contributed by atoms with Crippen LogP contribution in [0.1, 0.15) is 58.3 Å². The van der Waals surface area contributed by atoms with Gasteiger partial charge in [0.05, 0.1) is 0 Å². The van der Waals surface area contributed by atoms with Crippen LogP contribution in [0.2, 0.25) is 0 Å². The van der Waals surface area contributed by atoms with E-state index in [0.717, 1.165) is 30.5 Å². The van der Waals surface area contributed by atoms with E-state index in [4.69, 9.17) is 5.73 Å². The zero-order chi connectivity index (χ0) is 11.4. The van der Waals surface area contributed by atoms with Crippen molar-refractivity contribution < 1.29 is 0 Å². The molecule has 2 nitrogen and oxygen atoms in total. The van der Waals surface area contributed by atoms with Crippen molar-refractivity contribution in [3.05, 3.63) is 0 Å². The zero-order valence-electron chi connectivity index (χ0n) is 10.8. The van der Waals surface area contributed by atoms with Crippen LogP contribution < -0.4 is 11.1 Å². The molecule has 2 saturated carbocycles. The standard InChI is InChI=1S/C14H28N2/c1-11-4-2-6-13(9-8-11)16-14-7-3-5-12(14)10-15/h11-14,16H,2-10,15H2,1H3. The number of nitrogens with one attached hydrogen (secondary N) is 1. The zero-order valence-corrected chi connectivity index (χ0v) is 10.8. The average molecular weight is 224 g/mol. The van der Waals surface area contributed by atoms with Crippen LogP contribution in [0.25, 0.3) is 0 Å². The summed E-state index contributed by atoms with van der Waals surface area (Å²) in [6, 6.07) is 1.51. The average Bonchev–Trinajstić information content (AvgIpc) is 2.63. The molecule has 2 heteroatoms. The van der Waals surface area contributed by atoms with Crippen molar-refractivity contribution >= 4 is 0 Å². The quantitative estimate of drug-likeness (QED) is 0.723. The first-order valence-electron chi connectivity index (χ1n) is 7.25. The lowest BCUT2D eigenvalue weighted by Gasteiger charge is -2.26. The molecule has 0 spiro atoms. The Morgan fingerprint density at radius 2 is 1.81 bits per heavy atom. The Labute approximate surface area is 100 Å². The SMILES string of the molecule is CC1CCCC(NC2CCCC2CN)CC1. The van der Waals surface area contributed by atoms with Gasteiger partial charge in [0.25, 0.3) is 0 Å². The molecule has 16 heavy (non-hydrogen) atoms. The second-order valence-electron chi connectivity index (χ2n) is 6.01. The van der Waals surface area contributed by atoms with Crippen LogP contribution in [-0.4, -0.2) is 18.6 Å². The first-order valence-corrected chi connectivity index (χ1v) is 7.25. The minimum atomic E-state index is 0.725. The van der Waals surface area contributed by atoms with Crippen LogP contribution >= 0.6 is 0 Å². The molecule has 0 radical (unpaired) electrons. The summed E-state index contributed by atoms with van der Waals surface area (Å²) in [5.41, 5.74) is 5.84. The van der Waals surface area contributed by atoms with Gasteiger partial charge in [0.2, 0.25) is 0 Å². The second kappa shape index (κ2) is 6.02. The number of hydrogen-bond acceptors (Lipinski definition) is 2. The van der Waals surface area contributed by atoms with E-state index in [1.54, 1.807) is 0 Å². The smallest absolute Gasteiger partial charge is 0.0110 e. The Morgan fingerprint density at radius 3 is 2.62 bits per heavy atom. The molecule has 2 aliphatic rings. The van der Waals surface area contributed by atoms with Crippen molar-refractivity contribution in [2.24, 2.45) is 17.6 Å². The fraction of sp³-hybridized carbons (Fsp3) is 1.00. The van der Waals surface area contributed by atoms with Gasteiger partial charge in [-0.1, -0.05) is 26.2 Å². The van der Waals surface area contributed by atoms with E-state index in [1.807, 2.05) is 0 Å². The summed E-state index contributed by atoms with van der Waals surface area (Å²) < 4.78 is 0. The maximum Gasteiger partial charge on any atom is 0.0110 e. The summed E-state index contributed by atoms with van der Waals surface area (Å²) in [7, 11) is 0. The Bertz CT molecular complexity index is 205. The molecule has 0 bridgehead atoms. The van der Waals surface area contributed by atoms with Gasteiger partial charge in [-0.05, 0) is 50.5 Å². The Morgan fingerprint density at radius 1 is 1.00 bits per heavy atom. The van der Waals surface area contributed by atoms with Crippen LogP contribution in [0.15, 0.2) is 0 Å². The maximum absolute atomic E-state index is 5.84. The highest BCUT2D eigenvalue weighted by molar-refractivity contribution is 4.87. The Balaban J connectivity index is 1.79. The molecule has 3 N–H and O–H groups in total. The minimum Gasteiger partial charge on any atom is -0.330 e. The van der Waals surface area contributed by atoms with E-state index < -0.39 is 0 Å². The Kier molecular flexibility index (Phi) is 4.66. The van der Waals surface area contributed by atoms with E-state index >= 15 is 0 Å². The highest BCUT2D eigenvalue weighted by Crippen LogP contribution is 2.28. The third-order valence-corrected chi connectivity index (χ3v) is 4.67. The number of hydrogen-bond donors (Lipinski definition) is 2. The predicted octanol–water partition coefficient (Wildman–Crippen LogP) is 2.67. The van der Waals surface area contributed by atoms with Gasteiger partial charge in [-0.25, -0.2) is 0 Å². The fourth-order valence-electron chi connectivity index (χ4n) is 3.49. The molecule has 0 saturated heterocycles. The van der Waals surface area contributed by atoms with Gasteiger partial charge in [0, 0.05) is 12.1 Å². The molecule has 2 rings (SSSR count). The van der Waals surface area contributed by atoms with Gasteiger partial charge in [0.15, 0.2) is 0 Å². The third-order valence-electron chi connectivity index (χ3n) is 4.67. The highest BCUT2D eigenvalue weighted by atomic mass is 15.0. The summed E-state index contributed by atoms with van der Waals surface area (Å²) in [6.45, 7) is 3.28. The van der Waals surface area contributed by atoms with Gasteiger partial charge in [-0.15, -0.1) is 0 Å². The van der Waals surface area contributed by atoms with Crippen LogP contribution in [0.5, 0.6) is 0 Å². The normalized spacial score (nSPS) is 40.9. The fourth-order valence-corrected chi connectivity index (χ4v) is 3.49. The Hall–Kier alpha value is -0.0800. The third kappa shape index (κ3) is 3.21. The summed E-state index contributed by atoms with van der Waals surface area (Å²) in [5, 5.41) is 3.90. The molecular weight excluding hydrogens is 196 g/mol. The lowest BCUT2D eigenvalue weighted by atomic mass is 10.0. The number of nitrogens with two attached hydrogens (primary N) is 1. The summed E-state index contributed by atoms with van der Waals surface area (Å²) in [6.07, 6.45) is 11.1. The van der Waals surface area contributed by atoms with E-state index in [0.29, 0.717) is 0 Å². The summed E-state index contributed by atoms with van der Waals surface area (Å²) >= 11 is 0. The lowest BCUT2D eigenvalue weighted by Crippen LogP contribution is -2.42. The summed E-state index contributed by atoms with van der Waals surface area (Å²) in [5.74, 6) is 1.70. The van der Waals surface area contributed by atoms with Gasteiger partial charge in [-0.3, -0.25) is 0 Å². The van der Waals surface area contributed by atoms with Crippen molar-refractivity contribution in [3.8, 4) is 0 Å². The molecular formula is C14H28N2. The van der Waals surface area contributed by atoms with Crippen molar-refractivity contribution in [1.82, 2.24) is 5.32 Å². The first-order chi connectivity index (χ1) is 7.79. The molecule has 4 unspecified atom stereocenters. The molecule has 0 heterocycles. The van der Waals surface area contributed by atoms with Crippen LogP contribution in [0.4, 0.5) is 0 Å². The van der Waals surface area contributed by atoms with Crippen LogP contribution in [0.3, 0.4) is 0 Å². The predicted molar refractivity (Wildman–Crippen MR) is 69.4 cm³/mol. The van der Waals surface area contributed by atoms with Crippen molar-refractivity contribution in [3.63, 3.8) is 0 Å². The van der Waals surface area contributed by atoms with E-state index in [-0.39, 0.29) is 0 Å². The van der Waals surface area contributed by atoms with Crippen molar-refractivity contribution in [1.29, 1.82) is 0 Å². The topological polar surface area (TPSA) is 38.0 Å². The molecule has 0 aromatic heterocycles. The van der Waals surface area contributed by atoms with E-state index in [1.165, 1.54) is 51.4 Å². The largest absolute Gasteiger partial charge is 0.330 e. The van der Waals surface area contributed by atoms with Gasteiger partial charge in [0.1, 0.15) is 0 Å². The molecule has 94 valence electrons. The molecule has 0 aromatic rings. The highest BCUT2D eigenvalue weighted by Gasteiger charge is 2.28. The van der Waals surface area contributed by atoms with Gasteiger partial charge >= 0.3 is 0 Å². The second-order valence-corrected chi connectivity index (χ2v) is 6.01. The van der Waals surface area contributed by atoms with Gasteiger partial charge in [-0.2, -0.15) is 0 Å². The molecule has 4 atom stereocenters. The lowest BCUT2D eigenvalue weighted by molar-refractivity contribution is 0.337. The molecule has 0 amide bonds. The van der Waals surface area contributed by atoms with E-state index in [9.17, 15) is 0 Å². The monoisotopic (exact) mass is 224 g/mol. The summed E-state index contributed by atoms with van der Waals surface area (Å²) in [4.78, 5) is 0. The maximum atomic E-state index is 5.84. The van der Waals surface area contributed by atoms with Crippen molar-refractivity contribution in [2.45, 2.75) is 70.4 Å². The molecule has 0 aromatic carbocycles. The minimum absolute atomic E-state index is 0.725.